The summed E-state index contributed by atoms with van der Waals surface area (Å²) in [7, 11) is 0. The molecule has 12 nitrogen and oxygen atoms in total. The molecule has 180 valence electrons. The van der Waals surface area contributed by atoms with Crippen molar-refractivity contribution in [2.75, 3.05) is 6.61 Å². The monoisotopic (exact) mass is 480 g/mol. The van der Waals surface area contributed by atoms with E-state index in [0.717, 1.165) is 23.8 Å². The first-order valence-corrected chi connectivity index (χ1v) is 10.2. The number of carbonyl (C=O) groups is 1. The lowest BCUT2D eigenvalue weighted by molar-refractivity contribution is -0.385. The van der Waals surface area contributed by atoms with Crippen molar-refractivity contribution < 1.29 is 29.2 Å². The Labute approximate surface area is 198 Å². The number of hydrogen-bond donors (Lipinski definition) is 2. The smallest absolute Gasteiger partial charge is 0.275 e. The third-order valence-corrected chi connectivity index (χ3v) is 4.62. The molecule has 12 heteroatoms. The second-order valence-electron chi connectivity index (χ2n) is 7.01. The number of hydrogen-bond acceptors (Lipinski definition) is 9. The van der Waals surface area contributed by atoms with E-state index in [0.29, 0.717) is 23.7 Å². The van der Waals surface area contributed by atoms with Gasteiger partial charge in [-0.25, -0.2) is 5.43 Å². The summed E-state index contributed by atoms with van der Waals surface area (Å²) in [5.41, 5.74) is 2.85. The van der Waals surface area contributed by atoms with Gasteiger partial charge >= 0.3 is 0 Å². The van der Waals surface area contributed by atoms with E-state index in [4.69, 9.17) is 9.47 Å². The molecular formula is C23H20N4O8. The van der Waals surface area contributed by atoms with Crippen LogP contribution in [-0.2, 0) is 6.61 Å². The molecule has 0 aliphatic rings. The maximum absolute atomic E-state index is 12.2. The van der Waals surface area contributed by atoms with E-state index in [1.165, 1.54) is 18.3 Å². The van der Waals surface area contributed by atoms with Crippen LogP contribution >= 0.6 is 0 Å². The van der Waals surface area contributed by atoms with Gasteiger partial charge in [-0.1, -0.05) is 0 Å². The number of benzene rings is 3. The molecule has 0 aliphatic carbocycles. The Balaban J connectivity index is 1.67. The standard InChI is InChI=1S/C23H20N4O8/c1-2-34-22-11-16(5-10-21(22)35-14-15-3-6-17(7-4-15)26(30)31)13-24-25-23(29)19-12-18(27(32)33)8-9-20(19)28/h3-13,28H,2,14H2,1H3,(H,25,29)/b24-13-. The van der Waals surface area contributed by atoms with E-state index in [-0.39, 0.29) is 23.5 Å². The van der Waals surface area contributed by atoms with Crippen LogP contribution in [-0.4, -0.2) is 33.7 Å². The number of phenolic OH excluding ortho intramolecular Hbond substituents is 1. The highest BCUT2D eigenvalue weighted by Crippen LogP contribution is 2.29. The summed E-state index contributed by atoms with van der Waals surface area (Å²) in [5, 5.41) is 35.3. The highest BCUT2D eigenvalue weighted by Gasteiger charge is 2.16. The van der Waals surface area contributed by atoms with Gasteiger partial charge in [-0.05, 0) is 54.4 Å². The summed E-state index contributed by atoms with van der Waals surface area (Å²) in [4.78, 5) is 32.7. The van der Waals surface area contributed by atoms with E-state index in [2.05, 4.69) is 10.5 Å². The van der Waals surface area contributed by atoms with Crippen molar-refractivity contribution in [3.05, 3.63) is 97.6 Å². The van der Waals surface area contributed by atoms with Crippen molar-refractivity contribution in [2.24, 2.45) is 5.10 Å². The molecule has 0 heterocycles. The molecule has 3 aromatic carbocycles. The molecule has 0 radical (unpaired) electrons. The van der Waals surface area contributed by atoms with E-state index in [1.54, 1.807) is 37.3 Å². The average molecular weight is 480 g/mol. The summed E-state index contributed by atoms with van der Waals surface area (Å²) in [6.07, 6.45) is 1.33. The molecule has 0 spiro atoms. The maximum Gasteiger partial charge on any atom is 0.275 e. The topological polar surface area (TPSA) is 166 Å². The van der Waals surface area contributed by atoms with Gasteiger partial charge < -0.3 is 14.6 Å². The van der Waals surface area contributed by atoms with Gasteiger partial charge in [0, 0.05) is 24.3 Å². The van der Waals surface area contributed by atoms with Crippen molar-refractivity contribution in [3.8, 4) is 17.2 Å². The van der Waals surface area contributed by atoms with Crippen LogP contribution < -0.4 is 14.9 Å². The van der Waals surface area contributed by atoms with Gasteiger partial charge in [0.2, 0.25) is 0 Å². The molecule has 0 atom stereocenters. The van der Waals surface area contributed by atoms with E-state index < -0.39 is 21.5 Å². The largest absolute Gasteiger partial charge is 0.507 e. The first-order chi connectivity index (χ1) is 16.8. The summed E-state index contributed by atoms with van der Waals surface area (Å²) < 4.78 is 11.4. The molecule has 1 amide bonds. The predicted octanol–water partition coefficient (Wildman–Crippen LogP) is 3.95. The number of hydrazone groups is 1. The highest BCUT2D eigenvalue weighted by atomic mass is 16.6. The molecule has 0 saturated carbocycles. The van der Waals surface area contributed by atoms with Gasteiger partial charge in [-0.3, -0.25) is 25.0 Å². The second-order valence-corrected chi connectivity index (χ2v) is 7.01. The molecule has 3 aromatic rings. The molecule has 0 unspecified atom stereocenters. The van der Waals surface area contributed by atoms with Crippen LogP contribution in [0.25, 0.3) is 0 Å². The molecule has 3 rings (SSSR count). The minimum atomic E-state index is -0.824. The molecule has 0 aliphatic heterocycles. The third kappa shape index (κ3) is 6.51. The van der Waals surface area contributed by atoms with E-state index in [9.17, 15) is 30.1 Å². The predicted molar refractivity (Wildman–Crippen MR) is 125 cm³/mol. The fraction of sp³-hybridized carbons (Fsp3) is 0.130. The summed E-state index contributed by atoms with van der Waals surface area (Å²) in [5.74, 6) is -0.388. The first kappa shape index (κ1) is 24.6. The van der Waals surface area contributed by atoms with Crippen LogP contribution in [0.15, 0.2) is 65.8 Å². The molecule has 0 saturated heterocycles. The molecule has 0 aromatic heterocycles. The lowest BCUT2D eigenvalue weighted by Gasteiger charge is -2.12. The summed E-state index contributed by atoms with van der Waals surface area (Å²) in [6, 6.07) is 14.0. The van der Waals surface area contributed by atoms with Crippen LogP contribution in [0.3, 0.4) is 0 Å². The van der Waals surface area contributed by atoms with Crippen LogP contribution in [0.4, 0.5) is 11.4 Å². The minimum Gasteiger partial charge on any atom is -0.507 e. The van der Waals surface area contributed by atoms with Crippen molar-refractivity contribution in [1.82, 2.24) is 5.43 Å². The van der Waals surface area contributed by atoms with Crippen molar-refractivity contribution in [3.63, 3.8) is 0 Å². The Morgan fingerprint density at radius 3 is 2.31 bits per heavy atom. The van der Waals surface area contributed by atoms with Crippen molar-refractivity contribution >= 4 is 23.5 Å². The number of ether oxygens (including phenoxy) is 2. The molecule has 35 heavy (non-hydrogen) atoms. The summed E-state index contributed by atoms with van der Waals surface area (Å²) >= 11 is 0. The van der Waals surface area contributed by atoms with Crippen LogP contribution in [0.5, 0.6) is 17.2 Å². The zero-order chi connectivity index (χ0) is 25.4. The fourth-order valence-electron chi connectivity index (χ4n) is 2.91. The van der Waals surface area contributed by atoms with Crippen molar-refractivity contribution in [2.45, 2.75) is 13.5 Å². The van der Waals surface area contributed by atoms with Crippen LogP contribution in [0.2, 0.25) is 0 Å². The number of non-ortho nitro benzene ring substituents is 2. The SMILES string of the molecule is CCOc1cc(/C=N\NC(=O)c2cc([N+](=O)[O-])ccc2O)ccc1OCc1ccc([N+](=O)[O-])cc1. The second kappa shape index (κ2) is 11.2. The van der Waals surface area contributed by atoms with Gasteiger partial charge in [0.15, 0.2) is 11.5 Å². The quantitative estimate of drug-likeness (QED) is 0.250. The number of nitro benzene ring substituents is 2. The number of carbonyl (C=O) groups excluding carboxylic acids is 1. The number of phenols is 1. The highest BCUT2D eigenvalue weighted by molar-refractivity contribution is 5.98. The summed E-state index contributed by atoms with van der Waals surface area (Å²) in [6.45, 7) is 2.32. The Bertz CT molecular complexity index is 1280. The maximum atomic E-state index is 12.2. The van der Waals surface area contributed by atoms with Crippen LogP contribution in [0.1, 0.15) is 28.4 Å². The average Bonchev–Trinajstić information content (AvgIpc) is 2.84. The number of rotatable bonds is 10. The number of amides is 1. The minimum absolute atomic E-state index is 0.0137. The van der Waals surface area contributed by atoms with Gasteiger partial charge in [-0.15, -0.1) is 0 Å². The number of nitrogens with one attached hydrogen (secondary N) is 1. The molecule has 0 fully saturated rings. The Hall–Kier alpha value is -5.00. The molecule has 0 bridgehead atoms. The van der Waals surface area contributed by atoms with E-state index in [1.807, 2.05) is 0 Å². The fourth-order valence-corrected chi connectivity index (χ4v) is 2.91. The Kier molecular flexibility index (Phi) is 7.90. The van der Waals surface area contributed by atoms with Crippen molar-refractivity contribution in [1.29, 1.82) is 0 Å². The van der Waals surface area contributed by atoms with Gasteiger partial charge in [-0.2, -0.15) is 5.10 Å². The number of aromatic hydroxyl groups is 1. The molecule has 2 N–H and O–H groups in total. The Morgan fingerprint density at radius 2 is 1.66 bits per heavy atom. The van der Waals surface area contributed by atoms with E-state index >= 15 is 0 Å². The first-order valence-electron chi connectivity index (χ1n) is 10.2. The zero-order valence-electron chi connectivity index (χ0n) is 18.4. The normalized spacial score (nSPS) is 10.7. The Morgan fingerprint density at radius 1 is 0.971 bits per heavy atom. The van der Waals surface area contributed by atoms with Crippen LogP contribution in [0, 0.1) is 20.2 Å². The number of nitrogens with zero attached hydrogens (tertiary/aromatic N) is 3. The molecular weight excluding hydrogens is 460 g/mol. The van der Waals surface area contributed by atoms with Gasteiger partial charge in [0.1, 0.15) is 12.4 Å². The zero-order valence-corrected chi connectivity index (χ0v) is 18.4. The lowest BCUT2D eigenvalue weighted by atomic mass is 10.1. The third-order valence-electron chi connectivity index (χ3n) is 4.62. The van der Waals surface area contributed by atoms with Gasteiger partial charge in [0.25, 0.3) is 17.3 Å². The van der Waals surface area contributed by atoms with Gasteiger partial charge in [0.05, 0.1) is 28.2 Å². The lowest BCUT2D eigenvalue weighted by Crippen LogP contribution is -2.18. The number of nitro groups is 2.